The number of benzene rings is 2. The van der Waals surface area contributed by atoms with Crippen molar-refractivity contribution in [3.05, 3.63) is 87.6 Å². The predicted molar refractivity (Wildman–Crippen MR) is 170 cm³/mol. The van der Waals surface area contributed by atoms with Gasteiger partial charge >= 0.3 is 5.97 Å². The van der Waals surface area contributed by atoms with E-state index in [0.29, 0.717) is 28.1 Å². The Bertz CT molecular complexity index is 1600. The van der Waals surface area contributed by atoms with Crippen molar-refractivity contribution in [1.82, 2.24) is 20.1 Å². The lowest BCUT2D eigenvalue weighted by molar-refractivity contribution is -0.120. The zero-order valence-corrected chi connectivity index (χ0v) is 26.4. The monoisotopic (exact) mass is 633 g/mol. The van der Waals surface area contributed by atoms with Gasteiger partial charge in [0, 0.05) is 11.4 Å². The van der Waals surface area contributed by atoms with Crippen molar-refractivity contribution in [3.63, 3.8) is 0 Å². The SMILES string of the molecule is CCOC(=O)c1c(NC(=O)CSc2nnc(CNC(=O)Cc3ccc(OC)cc3)n2CCc2ccccc2)sc2c1CCC2. The van der Waals surface area contributed by atoms with Gasteiger partial charge in [-0.05, 0) is 61.4 Å². The van der Waals surface area contributed by atoms with Gasteiger partial charge in [0.05, 0.1) is 38.0 Å². The van der Waals surface area contributed by atoms with Gasteiger partial charge in [0.2, 0.25) is 11.8 Å². The molecule has 12 heteroatoms. The summed E-state index contributed by atoms with van der Waals surface area (Å²) in [6.45, 7) is 2.83. The average Bonchev–Trinajstić information content (AvgIpc) is 3.73. The number of esters is 1. The number of ether oxygens (including phenoxy) is 2. The van der Waals surface area contributed by atoms with E-state index >= 15 is 0 Å². The maximum Gasteiger partial charge on any atom is 0.341 e. The van der Waals surface area contributed by atoms with E-state index < -0.39 is 5.97 Å². The van der Waals surface area contributed by atoms with Crippen LogP contribution in [0.5, 0.6) is 5.75 Å². The number of anilines is 1. The molecule has 0 unspecified atom stereocenters. The van der Waals surface area contributed by atoms with Crippen LogP contribution in [0.25, 0.3) is 0 Å². The first-order valence-corrected chi connectivity index (χ1v) is 16.3. The van der Waals surface area contributed by atoms with Gasteiger partial charge in [-0.15, -0.1) is 21.5 Å². The molecule has 0 saturated carbocycles. The minimum Gasteiger partial charge on any atom is -0.497 e. The second-order valence-corrected chi connectivity index (χ2v) is 12.3. The number of hydrogen-bond acceptors (Lipinski definition) is 9. The third-order valence-corrected chi connectivity index (χ3v) is 9.39. The molecule has 2 amide bonds. The minimum atomic E-state index is -0.394. The number of nitrogens with one attached hydrogen (secondary N) is 2. The van der Waals surface area contributed by atoms with E-state index in [4.69, 9.17) is 9.47 Å². The molecule has 0 saturated heterocycles. The molecule has 4 aromatic rings. The second-order valence-electron chi connectivity index (χ2n) is 10.2. The van der Waals surface area contributed by atoms with Crippen molar-refractivity contribution >= 4 is 45.9 Å². The number of aromatic nitrogens is 3. The van der Waals surface area contributed by atoms with Gasteiger partial charge in [0.25, 0.3) is 0 Å². The number of hydrogen-bond donors (Lipinski definition) is 2. The standard InChI is InChI=1S/C32H35N5O5S2/c1-3-42-31(40)29-24-10-7-11-25(24)44-30(29)34-28(39)20-43-32-36-35-26(37(32)17-16-21-8-5-4-6-9-21)19-33-27(38)18-22-12-14-23(41-2)15-13-22/h4-6,8-9,12-15H,3,7,10-11,16-20H2,1-2H3,(H,33,38)(H,34,39). The number of methoxy groups -OCH3 is 1. The fraction of sp³-hybridized carbons (Fsp3) is 0.344. The van der Waals surface area contributed by atoms with Gasteiger partial charge in [0.15, 0.2) is 11.0 Å². The lowest BCUT2D eigenvalue weighted by Crippen LogP contribution is -2.26. The highest BCUT2D eigenvalue weighted by molar-refractivity contribution is 7.99. The normalized spacial score (nSPS) is 12.0. The molecule has 1 aliphatic rings. The third kappa shape index (κ3) is 7.86. The fourth-order valence-electron chi connectivity index (χ4n) is 5.04. The van der Waals surface area contributed by atoms with Crippen LogP contribution in [0, 0.1) is 0 Å². The van der Waals surface area contributed by atoms with E-state index in [2.05, 4.69) is 33.0 Å². The maximum absolute atomic E-state index is 13.1. The number of carbonyl (C=O) groups excluding carboxylic acids is 3. The molecule has 2 N–H and O–H groups in total. The summed E-state index contributed by atoms with van der Waals surface area (Å²) < 4.78 is 12.4. The van der Waals surface area contributed by atoms with Crippen LogP contribution < -0.4 is 15.4 Å². The highest BCUT2D eigenvalue weighted by Gasteiger charge is 2.28. The topological polar surface area (TPSA) is 124 Å². The van der Waals surface area contributed by atoms with E-state index in [9.17, 15) is 14.4 Å². The number of nitrogens with zero attached hydrogens (tertiary/aromatic N) is 3. The van der Waals surface area contributed by atoms with E-state index in [1.165, 1.54) is 23.1 Å². The summed E-state index contributed by atoms with van der Waals surface area (Å²) in [6, 6.07) is 17.4. The van der Waals surface area contributed by atoms with Crippen LogP contribution in [0.2, 0.25) is 0 Å². The highest BCUT2D eigenvalue weighted by Crippen LogP contribution is 2.39. The van der Waals surface area contributed by atoms with Crippen LogP contribution in [0.3, 0.4) is 0 Å². The van der Waals surface area contributed by atoms with Crippen molar-refractivity contribution in [2.24, 2.45) is 0 Å². The van der Waals surface area contributed by atoms with Gasteiger partial charge < -0.3 is 24.7 Å². The summed E-state index contributed by atoms with van der Waals surface area (Å²) in [7, 11) is 1.60. The molecule has 0 atom stereocenters. The van der Waals surface area contributed by atoms with Crippen molar-refractivity contribution in [2.75, 3.05) is 24.8 Å². The average molecular weight is 634 g/mol. The van der Waals surface area contributed by atoms with Crippen LogP contribution in [-0.4, -0.2) is 52.0 Å². The van der Waals surface area contributed by atoms with Crippen molar-refractivity contribution in [1.29, 1.82) is 0 Å². The Morgan fingerprint density at radius 1 is 1.00 bits per heavy atom. The minimum absolute atomic E-state index is 0.0815. The Morgan fingerprint density at radius 2 is 1.80 bits per heavy atom. The zero-order valence-electron chi connectivity index (χ0n) is 24.8. The first-order valence-electron chi connectivity index (χ1n) is 14.5. The molecule has 2 aromatic heterocycles. The quantitative estimate of drug-likeness (QED) is 0.149. The van der Waals surface area contributed by atoms with Gasteiger partial charge in [0.1, 0.15) is 10.8 Å². The third-order valence-electron chi connectivity index (χ3n) is 7.21. The van der Waals surface area contributed by atoms with Crippen LogP contribution in [0.4, 0.5) is 5.00 Å². The smallest absolute Gasteiger partial charge is 0.341 e. The van der Waals surface area contributed by atoms with Crippen LogP contribution >= 0.6 is 23.1 Å². The Morgan fingerprint density at radius 3 is 2.55 bits per heavy atom. The summed E-state index contributed by atoms with van der Waals surface area (Å²) in [5.41, 5.74) is 3.51. The molecule has 5 rings (SSSR count). The van der Waals surface area contributed by atoms with E-state index in [-0.39, 0.29) is 37.1 Å². The zero-order chi connectivity index (χ0) is 30.9. The lowest BCUT2D eigenvalue weighted by atomic mass is 10.1. The van der Waals surface area contributed by atoms with Gasteiger partial charge in [-0.1, -0.05) is 54.2 Å². The number of thioether (sulfide) groups is 1. The number of fused-ring (bicyclic) bond motifs is 1. The van der Waals surface area contributed by atoms with Gasteiger partial charge in [-0.3, -0.25) is 9.59 Å². The summed E-state index contributed by atoms with van der Waals surface area (Å²) in [6.07, 6.45) is 3.68. The summed E-state index contributed by atoms with van der Waals surface area (Å²) >= 11 is 2.72. The molecule has 2 heterocycles. The first kappa shape index (κ1) is 31.3. The van der Waals surface area contributed by atoms with Crippen molar-refractivity contribution < 1.29 is 23.9 Å². The molecule has 1 aliphatic carbocycles. The van der Waals surface area contributed by atoms with Crippen LogP contribution in [0.15, 0.2) is 59.8 Å². The second kappa shape index (κ2) is 15.0. The maximum atomic E-state index is 13.1. The molecule has 0 fully saturated rings. The largest absolute Gasteiger partial charge is 0.497 e. The number of carbonyl (C=O) groups is 3. The number of amides is 2. The molecule has 0 aliphatic heterocycles. The molecular formula is C32H35N5O5S2. The van der Waals surface area contributed by atoms with Gasteiger partial charge in [-0.2, -0.15) is 0 Å². The predicted octanol–water partition coefficient (Wildman–Crippen LogP) is 4.85. The number of aryl methyl sites for hydroxylation is 2. The molecule has 10 nitrogen and oxygen atoms in total. The lowest BCUT2D eigenvalue weighted by Gasteiger charge is -2.12. The van der Waals surface area contributed by atoms with E-state index in [1.807, 2.05) is 47.0 Å². The van der Waals surface area contributed by atoms with Gasteiger partial charge in [-0.25, -0.2) is 4.79 Å². The van der Waals surface area contributed by atoms with E-state index in [1.54, 1.807) is 14.0 Å². The Balaban J connectivity index is 1.24. The van der Waals surface area contributed by atoms with E-state index in [0.717, 1.165) is 53.0 Å². The molecular weight excluding hydrogens is 599 g/mol. The summed E-state index contributed by atoms with van der Waals surface area (Å²) in [5, 5.41) is 15.7. The van der Waals surface area contributed by atoms with Crippen molar-refractivity contribution in [3.8, 4) is 5.75 Å². The van der Waals surface area contributed by atoms with Crippen molar-refractivity contribution in [2.45, 2.75) is 57.3 Å². The summed E-state index contributed by atoms with van der Waals surface area (Å²) in [4.78, 5) is 39.6. The van der Waals surface area contributed by atoms with Crippen LogP contribution in [-0.2, 0) is 53.1 Å². The first-order chi connectivity index (χ1) is 21.4. The summed E-state index contributed by atoms with van der Waals surface area (Å²) in [5.74, 6) is 0.644. The number of rotatable bonds is 14. The van der Waals surface area contributed by atoms with Crippen LogP contribution in [0.1, 0.15) is 51.1 Å². The molecule has 0 radical (unpaired) electrons. The Hall–Kier alpha value is -4.16. The number of thiophene rings is 1. The molecule has 44 heavy (non-hydrogen) atoms. The molecule has 0 bridgehead atoms. The highest BCUT2D eigenvalue weighted by atomic mass is 32.2. The molecule has 2 aromatic carbocycles. The molecule has 230 valence electrons. The molecule has 0 spiro atoms. The Labute approximate surface area is 264 Å². The fourth-order valence-corrected chi connectivity index (χ4v) is 7.12. The Kier molecular flexibility index (Phi) is 10.7.